The number of pyridine rings is 1. The zero-order valence-corrected chi connectivity index (χ0v) is 37.8. The number of rotatable bonds is 19. The average Bonchev–Trinajstić information content (AvgIpc) is 3.91. The van der Waals surface area contributed by atoms with E-state index < -0.39 is 16.1 Å². The Morgan fingerprint density at radius 2 is 1.46 bits per heavy atom. The lowest BCUT2D eigenvalue weighted by Gasteiger charge is -2.31. The summed E-state index contributed by atoms with van der Waals surface area (Å²) in [6, 6.07) is 29.4. The van der Waals surface area contributed by atoms with E-state index in [9.17, 15) is 0 Å². The van der Waals surface area contributed by atoms with Gasteiger partial charge in [-0.15, -0.1) is 5.10 Å². The molecule has 0 amide bonds. The summed E-state index contributed by atoms with van der Waals surface area (Å²) in [6.45, 7) is 20.4. The highest BCUT2D eigenvalue weighted by atomic mass is 28.3. The van der Waals surface area contributed by atoms with Crippen molar-refractivity contribution < 1.29 is 18.6 Å². The fourth-order valence-electron chi connectivity index (χ4n) is 6.96. The van der Waals surface area contributed by atoms with E-state index in [0.717, 1.165) is 83.1 Å². The third-order valence-electron chi connectivity index (χ3n) is 10.7. The summed E-state index contributed by atoms with van der Waals surface area (Å²) in [5.41, 5.74) is 6.80. The largest absolute Gasteiger partial charge is 0.405 e. The van der Waals surface area contributed by atoms with Crippen LogP contribution in [0.25, 0.3) is 28.0 Å². The summed E-state index contributed by atoms with van der Waals surface area (Å²) in [6.07, 6.45) is 5.26. The molecule has 1 saturated heterocycles. The van der Waals surface area contributed by atoms with Crippen LogP contribution in [0.3, 0.4) is 0 Å². The summed E-state index contributed by atoms with van der Waals surface area (Å²) in [5, 5.41) is 13.7. The van der Waals surface area contributed by atoms with Crippen LogP contribution in [-0.2, 0) is 20.8 Å². The van der Waals surface area contributed by atoms with E-state index in [4.69, 9.17) is 33.7 Å². The van der Waals surface area contributed by atoms with Gasteiger partial charge in [-0.25, -0.2) is 4.98 Å². The Bertz CT molecular complexity index is 2190. The minimum Gasteiger partial charge on any atom is -0.405 e. The summed E-state index contributed by atoms with van der Waals surface area (Å²) >= 11 is 0. The van der Waals surface area contributed by atoms with Crippen LogP contribution in [0.1, 0.15) is 48.9 Å². The summed E-state index contributed by atoms with van der Waals surface area (Å²) in [7, 11) is -2.55. The van der Waals surface area contributed by atoms with E-state index >= 15 is 0 Å². The van der Waals surface area contributed by atoms with Crippen molar-refractivity contribution in [2.75, 3.05) is 49.6 Å². The normalized spacial score (nSPS) is 14.6. The number of nitrogens with zero attached hydrogens (tertiary/aromatic N) is 8. The van der Waals surface area contributed by atoms with E-state index in [0.29, 0.717) is 45.2 Å². The van der Waals surface area contributed by atoms with Gasteiger partial charge in [-0.05, 0) is 43.5 Å². The first-order chi connectivity index (χ1) is 28.4. The van der Waals surface area contributed by atoms with Crippen molar-refractivity contribution in [1.82, 2.24) is 29.8 Å². The minimum absolute atomic E-state index is 0.203. The summed E-state index contributed by atoms with van der Waals surface area (Å²) < 4.78 is 27.0. The quantitative estimate of drug-likeness (QED) is 0.0441. The van der Waals surface area contributed by atoms with Gasteiger partial charge in [-0.3, -0.25) is 4.98 Å². The van der Waals surface area contributed by atoms with Crippen molar-refractivity contribution in [3.05, 3.63) is 108 Å². The lowest BCUT2D eigenvalue weighted by molar-refractivity contribution is 0.0347. The Balaban J connectivity index is 1.14. The molecule has 0 aliphatic carbocycles. The standard InChI is InChI=1S/C45H60N8O4Si2/c1-34(56-31-35-14-10-8-11-15-35)44-49-50-45(57-44)51-22-20-37(21-23-51)41-28-42(52(32-54-24-26-58(2,3)4)33-55-25-27-59(5,6)7)53-43(48-41)39(30-47-53)38-18-19-40(46-29-38)36-16-12-9-13-17-36/h8-19,28-30,34,37H,20-27,31-33H2,1-7H3. The molecule has 0 spiro atoms. The van der Waals surface area contributed by atoms with Crippen LogP contribution in [0.15, 0.2) is 95.7 Å². The third-order valence-corrected chi connectivity index (χ3v) is 14.1. The van der Waals surface area contributed by atoms with Gasteiger partial charge in [0.05, 0.1) is 18.5 Å². The van der Waals surface area contributed by atoms with Gasteiger partial charge in [0.25, 0.3) is 0 Å². The highest BCUT2D eigenvalue weighted by molar-refractivity contribution is 6.76. The van der Waals surface area contributed by atoms with Gasteiger partial charge in [0, 0.05) is 83.0 Å². The van der Waals surface area contributed by atoms with Crippen LogP contribution in [0, 0.1) is 0 Å². The van der Waals surface area contributed by atoms with Crippen molar-refractivity contribution in [1.29, 1.82) is 0 Å². The SMILES string of the molecule is CC(OCc1ccccc1)c1nnc(N2CCC(c3cc(N(COCC[Si](C)(C)C)COCC[Si](C)(C)C)n4ncc(-c5ccc(-c6ccccc6)nc5)c4n3)CC2)o1. The van der Waals surface area contributed by atoms with E-state index in [2.05, 4.69) is 89.6 Å². The fourth-order valence-corrected chi connectivity index (χ4v) is 8.48. The van der Waals surface area contributed by atoms with Crippen molar-refractivity contribution in [3.8, 4) is 22.4 Å². The molecule has 1 fully saturated rings. The number of piperidine rings is 1. The molecule has 0 N–H and O–H groups in total. The molecular formula is C45H60N8O4Si2. The van der Waals surface area contributed by atoms with E-state index in [1.165, 1.54) is 0 Å². The van der Waals surface area contributed by atoms with Gasteiger partial charge in [0.15, 0.2) is 5.65 Å². The summed E-state index contributed by atoms with van der Waals surface area (Å²) in [5.74, 6) is 1.59. The molecule has 14 heteroatoms. The van der Waals surface area contributed by atoms with Crippen LogP contribution in [0.4, 0.5) is 11.8 Å². The highest BCUT2D eigenvalue weighted by Gasteiger charge is 2.28. The van der Waals surface area contributed by atoms with Crippen molar-refractivity contribution in [3.63, 3.8) is 0 Å². The zero-order valence-electron chi connectivity index (χ0n) is 35.8. The molecule has 6 aromatic rings. The average molecular weight is 833 g/mol. The first-order valence-electron chi connectivity index (χ1n) is 20.9. The fraction of sp³-hybridized carbons (Fsp3) is 0.444. The van der Waals surface area contributed by atoms with Gasteiger partial charge < -0.3 is 28.4 Å². The van der Waals surface area contributed by atoms with E-state index in [1.807, 2.05) is 72.4 Å². The highest BCUT2D eigenvalue weighted by Crippen LogP contribution is 2.35. The number of ether oxygens (including phenoxy) is 3. The number of anilines is 2. The van der Waals surface area contributed by atoms with Gasteiger partial charge in [0.2, 0.25) is 5.89 Å². The Morgan fingerprint density at radius 3 is 2.08 bits per heavy atom. The molecule has 12 nitrogen and oxygen atoms in total. The van der Waals surface area contributed by atoms with E-state index in [-0.39, 0.29) is 12.0 Å². The molecule has 1 aliphatic rings. The predicted molar refractivity (Wildman–Crippen MR) is 240 cm³/mol. The minimum atomic E-state index is -1.28. The second-order valence-corrected chi connectivity index (χ2v) is 29.2. The van der Waals surface area contributed by atoms with Crippen LogP contribution in [0.5, 0.6) is 0 Å². The van der Waals surface area contributed by atoms with Crippen molar-refractivity contribution in [2.24, 2.45) is 0 Å². The number of benzene rings is 2. The van der Waals surface area contributed by atoms with Crippen LogP contribution < -0.4 is 9.80 Å². The second-order valence-electron chi connectivity index (χ2n) is 18.0. The number of aromatic nitrogens is 6. The van der Waals surface area contributed by atoms with Gasteiger partial charge >= 0.3 is 6.01 Å². The molecule has 7 rings (SSSR count). The number of hydrogen-bond donors (Lipinski definition) is 0. The molecule has 0 radical (unpaired) electrons. The maximum Gasteiger partial charge on any atom is 0.318 e. The monoisotopic (exact) mass is 832 g/mol. The van der Waals surface area contributed by atoms with Crippen molar-refractivity contribution >= 4 is 33.6 Å². The van der Waals surface area contributed by atoms with Gasteiger partial charge in [-0.1, -0.05) is 111 Å². The first kappa shape index (κ1) is 42.4. The molecule has 0 saturated carbocycles. The first-order valence-corrected chi connectivity index (χ1v) is 28.4. The maximum absolute atomic E-state index is 6.40. The maximum atomic E-state index is 6.40. The van der Waals surface area contributed by atoms with Crippen LogP contribution in [-0.4, -0.2) is 85.7 Å². The van der Waals surface area contributed by atoms with Crippen LogP contribution in [0.2, 0.25) is 51.4 Å². The zero-order chi connectivity index (χ0) is 41.4. The molecule has 312 valence electrons. The molecular weight excluding hydrogens is 773 g/mol. The molecule has 5 heterocycles. The topological polar surface area (TPSA) is 116 Å². The van der Waals surface area contributed by atoms with Crippen LogP contribution >= 0.6 is 0 Å². The lowest BCUT2D eigenvalue weighted by Crippen LogP contribution is -2.34. The molecule has 2 aromatic carbocycles. The second kappa shape index (κ2) is 19.1. The Labute approximate surface area is 351 Å². The molecule has 0 bridgehead atoms. The number of hydrogen-bond acceptors (Lipinski definition) is 11. The lowest BCUT2D eigenvalue weighted by atomic mass is 9.93. The molecule has 59 heavy (non-hydrogen) atoms. The predicted octanol–water partition coefficient (Wildman–Crippen LogP) is 9.93. The summed E-state index contributed by atoms with van der Waals surface area (Å²) in [4.78, 5) is 14.6. The Morgan fingerprint density at radius 1 is 0.797 bits per heavy atom. The Hall–Kier alpha value is -4.74. The molecule has 4 aromatic heterocycles. The van der Waals surface area contributed by atoms with Gasteiger partial charge in [-0.2, -0.15) is 9.61 Å². The molecule has 1 atom stereocenters. The number of fused-ring (bicyclic) bond motifs is 1. The molecule has 1 aliphatic heterocycles. The van der Waals surface area contributed by atoms with Crippen molar-refractivity contribution in [2.45, 2.75) is 89.8 Å². The third kappa shape index (κ3) is 11.5. The smallest absolute Gasteiger partial charge is 0.318 e. The molecule has 1 unspecified atom stereocenters. The van der Waals surface area contributed by atoms with Gasteiger partial charge in [0.1, 0.15) is 25.4 Å². The van der Waals surface area contributed by atoms with E-state index in [1.54, 1.807) is 0 Å². The Kier molecular flexibility index (Phi) is 13.7.